The molecule has 6 nitrogen and oxygen atoms in total. The molecule has 3 heterocycles. The van der Waals surface area contributed by atoms with Crippen LogP contribution in [-0.4, -0.2) is 25.8 Å². The Morgan fingerprint density at radius 2 is 1.66 bits per heavy atom. The predicted octanol–water partition coefficient (Wildman–Crippen LogP) is 5.67. The lowest BCUT2D eigenvalue weighted by atomic mass is 9.98. The summed E-state index contributed by atoms with van der Waals surface area (Å²) in [6.07, 6.45) is 5.19. The van der Waals surface area contributed by atoms with E-state index in [2.05, 4.69) is 44.5 Å². The summed E-state index contributed by atoms with van der Waals surface area (Å²) in [5.74, 6) is 0.581. The van der Waals surface area contributed by atoms with Crippen molar-refractivity contribution in [2.45, 2.75) is 6.04 Å². The number of benzene rings is 3. The minimum Gasteiger partial charge on any atom is -0.340 e. The number of fused-ring (bicyclic) bond motifs is 5. The van der Waals surface area contributed by atoms with Crippen LogP contribution in [0.3, 0.4) is 0 Å². The highest BCUT2D eigenvalue weighted by molar-refractivity contribution is 6.06. The smallest absolute Gasteiger partial charge is 0.271 e. The first-order chi connectivity index (χ1) is 17.3. The number of aromatic amines is 1. The zero-order chi connectivity index (χ0) is 23.4. The van der Waals surface area contributed by atoms with Crippen molar-refractivity contribution < 1.29 is 4.79 Å². The molecule has 1 aliphatic rings. The number of carbonyl (C=O) groups is 1. The molecular formula is C29H19N5O. The largest absolute Gasteiger partial charge is 0.340 e. The molecule has 1 unspecified atom stereocenters. The maximum Gasteiger partial charge on any atom is 0.271 e. The lowest BCUT2D eigenvalue weighted by molar-refractivity contribution is 0.0940. The van der Waals surface area contributed by atoms with Crippen molar-refractivity contribution in [1.82, 2.24) is 25.3 Å². The number of amides is 1. The van der Waals surface area contributed by atoms with Gasteiger partial charge in [-0.15, -0.1) is 0 Å². The van der Waals surface area contributed by atoms with Crippen molar-refractivity contribution in [1.29, 1.82) is 0 Å². The van der Waals surface area contributed by atoms with Crippen LogP contribution < -0.4 is 5.32 Å². The average molecular weight is 454 g/mol. The van der Waals surface area contributed by atoms with Crippen molar-refractivity contribution >= 4 is 27.7 Å². The fourth-order valence-electron chi connectivity index (χ4n) is 5.09. The topological polar surface area (TPSA) is 83.6 Å². The third-order valence-corrected chi connectivity index (χ3v) is 6.65. The Morgan fingerprint density at radius 1 is 0.829 bits per heavy atom. The summed E-state index contributed by atoms with van der Waals surface area (Å²) in [5, 5.41) is 5.09. The monoisotopic (exact) mass is 453 g/mol. The molecule has 1 aliphatic carbocycles. The van der Waals surface area contributed by atoms with Gasteiger partial charge < -0.3 is 10.3 Å². The lowest BCUT2D eigenvalue weighted by Gasteiger charge is -2.16. The maximum absolute atomic E-state index is 13.5. The fraction of sp³-hybridized carbons (Fsp3) is 0.0345. The molecule has 35 heavy (non-hydrogen) atoms. The van der Waals surface area contributed by atoms with Crippen LogP contribution in [0, 0.1) is 0 Å². The average Bonchev–Trinajstić information content (AvgIpc) is 3.48. The van der Waals surface area contributed by atoms with Gasteiger partial charge in [0, 0.05) is 23.3 Å². The molecule has 3 aromatic heterocycles. The van der Waals surface area contributed by atoms with Gasteiger partial charge in [0.05, 0.1) is 17.8 Å². The molecule has 0 bridgehead atoms. The maximum atomic E-state index is 13.5. The van der Waals surface area contributed by atoms with Gasteiger partial charge in [-0.1, -0.05) is 66.7 Å². The number of carbonyl (C=O) groups excluding carboxylic acids is 1. The third kappa shape index (κ3) is 3.04. The SMILES string of the molecule is O=C(NC1c2ccccc2-c2c(-c3nc4cnccc4[nH]3)cccc21)c1nccc2ccccc12. The van der Waals surface area contributed by atoms with E-state index in [1.807, 2.05) is 54.6 Å². The number of pyridine rings is 2. The number of imidazole rings is 1. The Morgan fingerprint density at radius 3 is 2.60 bits per heavy atom. The second-order valence-electron chi connectivity index (χ2n) is 8.62. The number of aromatic nitrogens is 4. The standard InChI is InChI=1S/C29H19N5O/c35-29(27-18-7-2-1-6-17(18)12-15-31-27)34-26-20-9-4-3-8-19(20)25-21(26)10-5-11-22(25)28-32-23-13-14-30-16-24(23)33-28/h1-16,26H,(H,32,33)(H,34,35). The Kier molecular flexibility index (Phi) is 4.26. The normalized spacial score (nSPS) is 14.1. The second-order valence-corrected chi connectivity index (χ2v) is 8.62. The molecule has 0 fully saturated rings. The Bertz CT molecular complexity index is 1730. The highest BCUT2D eigenvalue weighted by Gasteiger charge is 2.32. The van der Waals surface area contributed by atoms with Crippen molar-refractivity contribution in [3.63, 3.8) is 0 Å². The molecule has 0 aliphatic heterocycles. The van der Waals surface area contributed by atoms with E-state index in [1.165, 1.54) is 0 Å². The first kappa shape index (κ1) is 19.6. The highest BCUT2D eigenvalue weighted by atomic mass is 16.1. The van der Waals surface area contributed by atoms with Crippen LogP contribution in [0.15, 0.2) is 97.5 Å². The van der Waals surface area contributed by atoms with Crippen molar-refractivity contribution in [2.75, 3.05) is 0 Å². The summed E-state index contributed by atoms with van der Waals surface area (Å²) in [6.45, 7) is 0. The van der Waals surface area contributed by atoms with E-state index >= 15 is 0 Å². The van der Waals surface area contributed by atoms with Crippen molar-refractivity contribution in [3.05, 3.63) is 114 Å². The van der Waals surface area contributed by atoms with E-state index in [9.17, 15) is 4.79 Å². The number of nitrogens with zero attached hydrogens (tertiary/aromatic N) is 3. The molecule has 1 atom stereocenters. The van der Waals surface area contributed by atoms with Crippen LogP contribution in [0.2, 0.25) is 0 Å². The van der Waals surface area contributed by atoms with Crippen LogP contribution in [0.4, 0.5) is 0 Å². The summed E-state index contributed by atoms with van der Waals surface area (Å²) in [5.41, 5.74) is 7.43. The molecule has 1 amide bonds. The molecule has 0 radical (unpaired) electrons. The fourth-order valence-corrected chi connectivity index (χ4v) is 5.09. The van der Waals surface area contributed by atoms with Crippen LogP contribution in [0.5, 0.6) is 0 Å². The quantitative estimate of drug-likeness (QED) is 0.361. The highest BCUT2D eigenvalue weighted by Crippen LogP contribution is 2.47. The molecule has 6 heteroatoms. The van der Waals surface area contributed by atoms with Gasteiger partial charge in [0.1, 0.15) is 17.0 Å². The molecule has 3 aromatic carbocycles. The molecule has 7 rings (SSSR count). The Hall–Kier alpha value is -4.84. The number of nitrogens with one attached hydrogen (secondary N) is 2. The van der Waals surface area contributed by atoms with Gasteiger partial charge in [-0.3, -0.25) is 14.8 Å². The van der Waals surface area contributed by atoms with Crippen LogP contribution >= 0.6 is 0 Å². The summed E-state index contributed by atoms with van der Waals surface area (Å²) in [4.78, 5) is 30.3. The molecule has 2 N–H and O–H groups in total. The van der Waals surface area contributed by atoms with Gasteiger partial charge in [0.25, 0.3) is 5.91 Å². The number of hydrogen-bond donors (Lipinski definition) is 2. The van der Waals surface area contributed by atoms with E-state index in [0.29, 0.717) is 5.69 Å². The first-order valence-electron chi connectivity index (χ1n) is 11.4. The zero-order valence-electron chi connectivity index (χ0n) is 18.6. The summed E-state index contributed by atoms with van der Waals surface area (Å²) in [6, 6.07) is 25.7. The van der Waals surface area contributed by atoms with E-state index < -0.39 is 0 Å². The lowest BCUT2D eigenvalue weighted by Crippen LogP contribution is -2.29. The van der Waals surface area contributed by atoms with Gasteiger partial charge in [0.2, 0.25) is 0 Å². The van der Waals surface area contributed by atoms with Gasteiger partial charge in [-0.25, -0.2) is 4.98 Å². The van der Waals surface area contributed by atoms with Crippen molar-refractivity contribution in [3.8, 4) is 22.5 Å². The summed E-state index contributed by atoms with van der Waals surface area (Å²) >= 11 is 0. The summed E-state index contributed by atoms with van der Waals surface area (Å²) < 4.78 is 0. The number of rotatable bonds is 3. The van der Waals surface area contributed by atoms with E-state index in [0.717, 1.165) is 55.4 Å². The third-order valence-electron chi connectivity index (χ3n) is 6.65. The molecule has 0 saturated carbocycles. The second kappa shape index (κ2) is 7.60. The summed E-state index contributed by atoms with van der Waals surface area (Å²) in [7, 11) is 0. The van der Waals surface area contributed by atoms with Crippen LogP contribution in [0.25, 0.3) is 44.3 Å². The molecule has 0 spiro atoms. The van der Waals surface area contributed by atoms with Gasteiger partial charge in [0.15, 0.2) is 0 Å². The molecular weight excluding hydrogens is 434 g/mol. The van der Waals surface area contributed by atoms with Gasteiger partial charge in [-0.2, -0.15) is 0 Å². The van der Waals surface area contributed by atoms with Gasteiger partial charge in [-0.05, 0) is 39.8 Å². The van der Waals surface area contributed by atoms with E-state index in [1.54, 1.807) is 18.6 Å². The molecule has 6 aromatic rings. The van der Waals surface area contributed by atoms with Crippen LogP contribution in [-0.2, 0) is 0 Å². The minimum atomic E-state index is -0.291. The first-order valence-corrected chi connectivity index (χ1v) is 11.4. The minimum absolute atomic E-state index is 0.199. The van der Waals surface area contributed by atoms with Crippen LogP contribution in [0.1, 0.15) is 27.7 Å². The number of H-pyrrole nitrogens is 1. The van der Waals surface area contributed by atoms with E-state index in [-0.39, 0.29) is 11.9 Å². The Labute approximate surface area is 200 Å². The molecule has 0 saturated heterocycles. The van der Waals surface area contributed by atoms with Gasteiger partial charge >= 0.3 is 0 Å². The zero-order valence-corrected chi connectivity index (χ0v) is 18.6. The van der Waals surface area contributed by atoms with Crippen molar-refractivity contribution in [2.24, 2.45) is 0 Å². The number of hydrogen-bond acceptors (Lipinski definition) is 4. The van der Waals surface area contributed by atoms with E-state index in [4.69, 9.17) is 4.98 Å². The molecule has 166 valence electrons. The predicted molar refractivity (Wildman–Crippen MR) is 136 cm³/mol. The Balaban J connectivity index is 1.36.